The van der Waals surface area contributed by atoms with Gasteiger partial charge < -0.3 is 10.1 Å². The van der Waals surface area contributed by atoms with Crippen LogP contribution >= 0.6 is 0 Å². The maximum Gasteiger partial charge on any atom is 0.356 e. The van der Waals surface area contributed by atoms with Crippen LogP contribution in [-0.4, -0.2) is 24.6 Å². The molecule has 17 heavy (non-hydrogen) atoms. The van der Waals surface area contributed by atoms with Crippen LogP contribution in [0, 0.1) is 5.41 Å². The Labute approximate surface area is 101 Å². The summed E-state index contributed by atoms with van der Waals surface area (Å²) in [6, 6.07) is 3.60. The number of pyridine rings is 1. The van der Waals surface area contributed by atoms with E-state index in [1.54, 1.807) is 12.3 Å². The van der Waals surface area contributed by atoms with E-state index in [2.05, 4.69) is 22.0 Å². The molecular weight excluding hydrogens is 216 g/mol. The van der Waals surface area contributed by atoms with Gasteiger partial charge in [0.15, 0.2) is 0 Å². The summed E-state index contributed by atoms with van der Waals surface area (Å²) < 4.78 is 4.64. The van der Waals surface area contributed by atoms with Crippen LogP contribution in [0.15, 0.2) is 18.3 Å². The summed E-state index contributed by atoms with van der Waals surface area (Å²) in [4.78, 5) is 15.3. The van der Waals surface area contributed by atoms with Crippen LogP contribution in [0.1, 0.15) is 36.7 Å². The predicted molar refractivity (Wildman–Crippen MR) is 66.0 cm³/mol. The molecule has 0 atom stereocenters. The third kappa shape index (κ3) is 2.75. The summed E-state index contributed by atoms with van der Waals surface area (Å²) in [5, 5.41) is 3.36. The zero-order chi connectivity index (χ0) is 12.3. The molecule has 1 aliphatic carbocycles. The molecule has 1 aliphatic rings. The number of nitrogens with zero attached hydrogens (tertiary/aromatic N) is 1. The smallest absolute Gasteiger partial charge is 0.356 e. The molecule has 2 rings (SSSR count). The van der Waals surface area contributed by atoms with Crippen molar-refractivity contribution in [1.82, 2.24) is 4.98 Å². The van der Waals surface area contributed by atoms with Gasteiger partial charge in [0.2, 0.25) is 0 Å². The Morgan fingerprint density at radius 2 is 2.35 bits per heavy atom. The molecule has 1 fully saturated rings. The molecule has 0 aromatic carbocycles. The molecule has 4 heteroatoms. The average molecular weight is 234 g/mol. The van der Waals surface area contributed by atoms with Gasteiger partial charge in [0, 0.05) is 18.4 Å². The van der Waals surface area contributed by atoms with Gasteiger partial charge in [-0.05, 0) is 30.4 Å². The zero-order valence-electron chi connectivity index (χ0n) is 10.3. The van der Waals surface area contributed by atoms with E-state index in [1.807, 2.05) is 6.07 Å². The van der Waals surface area contributed by atoms with Crippen molar-refractivity contribution in [1.29, 1.82) is 0 Å². The molecule has 0 aliphatic heterocycles. The predicted octanol–water partition coefficient (Wildman–Crippen LogP) is 2.47. The first-order chi connectivity index (χ1) is 8.13. The Hall–Kier alpha value is -1.58. The largest absolute Gasteiger partial charge is 0.464 e. The van der Waals surface area contributed by atoms with E-state index in [0.29, 0.717) is 11.1 Å². The van der Waals surface area contributed by atoms with Crippen molar-refractivity contribution >= 4 is 11.7 Å². The zero-order valence-corrected chi connectivity index (χ0v) is 10.3. The first kappa shape index (κ1) is 11.9. The van der Waals surface area contributed by atoms with Crippen LogP contribution < -0.4 is 5.32 Å². The van der Waals surface area contributed by atoms with Gasteiger partial charge in [-0.25, -0.2) is 9.78 Å². The molecule has 1 saturated carbocycles. The van der Waals surface area contributed by atoms with Gasteiger partial charge in [-0.3, -0.25) is 0 Å². The Kier molecular flexibility index (Phi) is 3.31. The number of methoxy groups -OCH3 is 1. The molecule has 1 aromatic rings. The van der Waals surface area contributed by atoms with Crippen molar-refractivity contribution in [2.45, 2.75) is 26.2 Å². The number of nitrogens with one attached hydrogen (secondary N) is 1. The monoisotopic (exact) mass is 234 g/mol. The van der Waals surface area contributed by atoms with Crippen LogP contribution in [0.2, 0.25) is 0 Å². The molecule has 4 nitrogen and oxygen atoms in total. The second-order valence-corrected chi connectivity index (χ2v) is 4.94. The first-order valence-corrected chi connectivity index (χ1v) is 5.91. The van der Waals surface area contributed by atoms with Gasteiger partial charge in [-0.1, -0.05) is 13.3 Å². The van der Waals surface area contributed by atoms with Gasteiger partial charge in [0.1, 0.15) is 5.69 Å². The van der Waals surface area contributed by atoms with E-state index >= 15 is 0 Å². The Morgan fingerprint density at radius 3 is 2.94 bits per heavy atom. The lowest BCUT2D eigenvalue weighted by Gasteiger charge is -2.38. The fourth-order valence-corrected chi connectivity index (χ4v) is 2.03. The highest BCUT2D eigenvalue weighted by atomic mass is 16.5. The van der Waals surface area contributed by atoms with Gasteiger partial charge in [-0.15, -0.1) is 0 Å². The lowest BCUT2D eigenvalue weighted by atomic mass is 9.70. The van der Waals surface area contributed by atoms with Crippen molar-refractivity contribution in [2.75, 3.05) is 19.0 Å². The lowest BCUT2D eigenvalue weighted by molar-refractivity contribution is 0.0594. The number of rotatable bonds is 4. The summed E-state index contributed by atoms with van der Waals surface area (Å²) in [6.45, 7) is 3.23. The fourth-order valence-electron chi connectivity index (χ4n) is 2.03. The molecule has 1 heterocycles. The fraction of sp³-hybridized carbons (Fsp3) is 0.538. The summed E-state index contributed by atoms with van der Waals surface area (Å²) in [5.41, 5.74) is 1.68. The Balaban J connectivity index is 1.98. The minimum atomic E-state index is -0.400. The number of carbonyl (C=O) groups is 1. The maximum absolute atomic E-state index is 11.3. The third-order valence-electron chi connectivity index (χ3n) is 3.43. The SMILES string of the molecule is COC(=O)c1cc(NCC2(C)CCC2)ccn1. The highest BCUT2D eigenvalue weighted by Gasteiger charge is 2.31. The van der Waals surface area contributed by atoms with E-state index in [9.17, 15) is 4.79 Å². The van der Waals surface area contributed by atoms with Crippen molar-refractivity contribution in [3.05, 3.63) is 24.0 Å². The molecule has 0 bridgehead atoms. The highest BCUT2D eigenvalue weighted by Crippen LogP contribution is 2.40. The molecule has 0 unspecified atom stereocenters. The van der Waals surface area contributed by atoms with Gasteiger partial charge >= 0.3 is 5.97 Å². The molecule has 1 aromatic heterocycles. The standard InChI is InChI=1S/C13H18N2O2/c1-13(5-3-6-13)9-15-10-4-7-14-11(8-10)12(16)17-2/h4,7-8H,3,5-6,9H2,1-2H3,(H,14,15). The van der Waals surface area contributed by atoms with Crippen LogP contribution in [-0.2, 0) is 4.74 Å². The minimum absolute atomic E-state index is 0.344. The van der Waals surface area contributed by atoms with E-state index in [4.69, 9.17) is 0 Å². The van der Waals surface area contributed by atoms with Gasteiger partial charge in [-0.2, -0.15) is 0 Å². The van der Waals surface area contributed by atoms with Crippen LogP contribution in [0.4, 0.5) is 5.69 Å². The van der Waals surface area contributed by atoms with Crippen molar-refractivity contribution < 1.29 is 9.53 Å². The molecule has 92 valence electrons. The second-order valence-electron chi connectivity index (χ2n) is 4.94. The number of esters is 1. The Bertz CT molecular complexity index is 414. The maximum atomic E-state index is 11.3. The number of anilines is 1. The summed E-state index contributed by atoms with van der Waals surface area (Å²) in [6.07, 6.45) is 5.49. The molecule has 1 N–H and O–H groups in total. The number of hydrogen-bond donors (Lipinski definition) is 1. The number of hydrogen-bond acceptors (Lipinski definition) is 4. The number of ether oxygens (including phenoxy) is 1. The topological polar surface area (TPSA) is 51.2 Å². The van der Waals surface area contributed by atoms with E-state index in [0.717, 1.165) is 12.2 Å². The first-order valence-electron chi connectivity index (χ1n) is 5.91. The van der Waals surface area contributed by atoms with E-state index in [-0.39, 0.29) is 0 Å². The highest BCUT2D eigenvalue weighted by molar-refractivity contribution is 5.88. The lowest BCUT2D eigenvalue weighted by Crippen LogP contribution is -2.33. The second kappa shape index (κ2) is 4.73. The molecule has 0 spiro atoms. The summed E-state index contributed by atoms with van der Waals surface area (Å²) in [7, 11) is 1.36. The van der Waals surface area contributed by atoms with E-state index in [1.165, 1.54) is 26.4 Å². The summed E-state index contributed by atoms with van der Waals surface area (Å²) in [5.74, 6) is -0.400. The number of carbonyl (C=O) groups excluding carboxylic acids is 1. The Morgan fingerprint density at radius 1 is 1.59 bits per heavy atom. The summed E-state index contributed by atoms with van der Waals surface area (Å²) >= 11 is 0. The van der Waals surface area contributed by atoms with Crippen molar-refractivity contribution in [3.63, 3.8) is 0 Å². The normalized spacial score (nSPS) is 17.1. The molecule has 0 saturated heterocycles. The van der Waals surface area contributed by atoms with Crippen LogP contribution in [0.25, 0.3) is 0 Å². The molecule has 0 radical (unpaired) electrons. The van der Waals surface area contributed by atoms with Crippen LogP contribution in [0.5, 0.6) is 0 Å². The van der Waals surface area contributed by atoms with E-state index < -0.39 is 5.97 Å². The molecule has 0 amide bonds. The van der Waals surface area contributed by atoms with Crippen molar-refractivity contribution in [2.24, 2.45) is 5.41 Å². The van der Waals surface area contributed by atoms with Gasteiger partial charge in [0.05, 0.1) is 7.11 Å². The number of aromatic nitrogens is 1. The minimum Gasteiger partial charge on any atom is -0.464 e. The average Bonchev–Trinajstić information content (AvgIpc) is 2.33. The van der Waals surface area contributed by atoms with Crippen LogP contribution in [0.3, 0.4) is 0 Å². The van der Waals surface area contributed by atoms with Crippen molar-refractivity contribution in [3.8, 4) is 0 Å². The third-order valence-corrected chi connectivity index (χ3v) is 3.43. The van der Waals surface area contributed by atoms with Gasteiger partial charge in [0.25, 0.3) is 0 Å². The quantitative estimate of drug-likeness (QED) is 0.813. The molecular formula is C13H18N2O2.